The van der Waals surface area contributed by atoms with Gasteiger partial charge in [0.05, 0.1) is 5.02 Å². The molecule has 0 aromatic heterocycles. The Morgan fingerprint density at radius 1 is 1.43 bits per heavy atom. The van der Waals surface area contributed by atoms with Crippen molar-refractivity contribution in [2.45, 2.75) is 12.2 Å². The van der Waals surface area contributed by atoms with Crippen LogP contribution in [0, 0.1) is 5.82 Å². The van der Waals surface area contributed by atoms with Gasteiger partial charge in [0.25, 0.3) is 0 Å². The third-order valence-corrected chi connectivity index (χ3v) is 3.10. The third-order valence-electron chi connectivity index (χ3n) is 1.70. The highest BCUT2D eigenvalue weighted by atomic mass is 35.5. The number of hydrogen-bond donors (Lipinski definition) is 1. The summed E-state index contributed by atoms with van der Waals surface area (Å²) in [5.41, 5.74) is 1.01. The van der Waals surface area contributed by atoms with Gasteiger partial charge in [-0.05, 0) is 29.9 Å². The zero-order valence-corrected chi connectivity index (χ0v) is 9.24. The molecule has 0 aliphatic rings. The quantitative estimate of drug-likeness (QED) is 0.791. The molecule has 1 N–H and O–H groups in total. The average Bonchev–Trinajstić information content (AvgIpc) is 2.18. The van der Waals surface area contributed by atoms with Crippen LogP contribution in [0.4, 0.5) is 4.39 Å². The van der Waals surface area contributed by atoms with E-state index < -0.39 is 0 Å². The summed E-state index contributed by atoms with van der Waals surface area (Å²) in [7, 11) is 0. The van der Waals surface area contributed by atoms with Gasteiger partial charge in [0, 0.05) is 12.4 Å². The lowest BCUT2D eigenvalue weighted by Gasteiger charge is -2.02. The second kappa shape index (κ2) is 6.27. The number of thioether (sulfide) groups is 1. The minimum Gasteiger partial charge on any atom is -0.396 e. The molecule has 4 heteroatoms. The molecule has 0 amide bonds. The highest BCUT2D eigenvalue weighted by molar-refractivity contribution is 7.98. The molecule has 78 valence electrons. The van der Waals surface area contributed by atoms with Crippen molar-refractivity contribution in [1.29, 1.82) is 0 Å². The normalized spacial score (nSPS) is 10.5. The van der Waals surface area contributed by atoms with Crippen LogP contribution in [0.15, 0.2) is 18.2 Å². The lowest BCUT2D eigenvalue weighted by molar-refractivity contribution is 0.296. The van der Waals surface area contributed by atoms with Gasteiger partial charge in [-0.15, -0.1) is 0 Å². The monoisotopic (exact) mass is 234 g/mol. The summed E-state index contributed by atoms with van der Waals surface area (Å²) in [6.45, 7) is 0.219. The summed E-state index contributed by atoms with van der Waals surface area (Å²) in [6.07, 6.45) is 0.791. The number of hydrogen-bond acceptors (Lipinski definition) is 2. The number of halogens is 2. The van der Waals surface area contributed by atoms with Crippen molar-refractivity contribution in [2.24, 2.45) is 0 Å². The Morgan fingerprint density at radius 3 is 2.86 bits per heavy atom. The maximum atomic E-state index is 12.8. The summed E-state index contributed by atoms with van der Waals surface area (Å²) >= 11 is 7.33. The fourth-order valence-corrected chi connectivity index (χ4v) is 2.08. The Kier molecular flexibility index (Phi) is 5.30. The Balaban J connectivity index is 2.39. The first-order chi connectivity index (χ1) is 6.74. The van der Waals surface area contributed by atoms with Gasteiger partial charge in [0.1, 0.15) is 5.82 Å². The molecule has 1 aromatic rings. The van der Waals surface area contributed by atoms with Crippen LogP contribution in [0.1, 0.15) is 12.0 Å². The van der Waals surface area contributed by atoms with Gasteiger partial charge in [-0.2, -0.15) is 11.8 Å². The van der Waals surface area contributed by atoms with E-state index >= 15 is 0 Å². The third kappa shape index (κ3) is 3.86. The fraction of sp³-hybridized carbons (Fsp3) is 0.400. The maximum Gasteiger partial charge on any atom is 0.141 e. The van der Waals surface area contributed by atoms with Gasteiger partial charge in [0.15, 0.2) is 0 Å². The SMILES string of the molecule is OCCCSCc1ccc(F)c(Cl)c1. The molecule has 0 radical (unpaired) electrons. The predicted octanol–water partition coefficient (Wildman–Crippen LogP) is 3.09. The number of aliphatic hydroxyl groups is 1. The van der Waals surface area contributed by atoms with Gasteiger partial charge in [-0.1, -0.05) is 17.7 Å². The van der Waals surface area contributed by atoms with Crippen molar-refractivity contribution < 1.29 is 9.50 Å². The highest BCUT2D eigenvalue weighted by Gasteiger charge is 2.00. The zero-order chi connectivity index (χ0) is 10.4. The second-order valence-electron chi connectivity index (χ2n) is 2.88. The zero-order valence-electron chi connectivity index (χ0n) is 7.67. The predicted molar refractivity (Wildman–Crippen MR) is 59.3 cm³/mol. The van der Waals surface area contributed by atoms with Crippen LogP contribution in [-0.2, 0) is 5.75 Å². The van der Waals surface area contributed by atoms with E-state index in [-0.39, 0.29) is 17.4 Å². The van der Waals surface area contributed by atoms with E-state index in [1.165, 1.54) is 6.07 Å². The minimum atomic E-state index is -0.379. The first-order valence-corrected chi connectivity index (χ1v) is 5.90. The van der Waals surface area contributed by atoms with Crippen LogP contribution < -0.4 is 0 Å². The Labute approximate surface area is 92.3 Å². The van der Waals surface area contributed by atoms with Crippen molar-refractivity contribution in [3.8, 4) is 0 Å². The molecule has 0 heterocycles. The van der Waals surface area contributed by atoms with E-state index in [2.05, 4.69) is 0 Å². The van der Waals surface area contributed by atoms with Gasteiger partial charge in [0.2, 0.25) is 0 Å². The van der Waals surface area contributed by atoms with Gasteiger partial charge in [-0.3, -0.25) is 0 Å². The molecule has 0 saturated carbocycles. The number of aliphatic hydroxyl groups excluding tert-OH is 1. The summed E-state index contributed by atoms with van der Waals surface area (Å²) in [4.78, 5) is 0. The molecule has 0 bridgehead atoms. The molecule has 0 atom stereocenters. The fourth-order valence-electron chi connectivity index (χ4n) is 0.986. The van der Waals surface area contributed by atoms with Gasteiger partial charge in [-0.25, -0.2) is 4.39 Å². The summed E-state index contributed by atoms with van der Waals surface area (Å²) < 4.78 is 12.8. The molecule has 0 saturated heterocycles. The van der Waals surface area contributed by atoms with E-state index in [1.807, 2.05) is 0 Å². The molecule has 0 fully saturated rings. The van der Waals surface area contributed by atoms with E-state index in [1.54, 1.807) is 23.9 Å². The first-order valence-electron chi connectivity index (χ1n) is 4.36. The molecule has 1 nitrogen and oxygen atoms in total. The maximum absolute atomic E-state index is 12.8. The second-order valence-corrected chi connectivity index (χ2v) is 4.39. The summed E-state index contributed by atoms with van der Waals surface area (Å²) in [5, 5.41) is 8.73. The largest absolute Gasteiger partial charge is 0.396 e. The molecule has 1 rings (SSSR count). The molecule has 0 spiro atoms. The minimum absolute atomic E-state index is 0.172. The van der Waals surface area contributed by atoms with Crippen molar-refractivity contribution >= 4 is 23.4 Å². The van der Waals surface area contributed by atoms with Crippen molar-refractivity contribution in [1.82, 2.24) is 0 Å². The van der Waals surface area contributed by atoms with Gasteiger partial charge < -0.3 is 5.11 Å². The van der Waals surface area contributed by atoms with Crippen LogP contribution >= 0.6 is 23.4 Å². The number of benzene rings is 1. The molecular formula is C10H12ClFOS. The molecule has 1 aromatic carbocycles. The van der Waals surface area contributed by atoms with Crippen molar-refractivity contribution in [2.75, 3.05) is 12.4 Å². The van der Waals surface area contributed by atoms with Crippen LogP contribution in [0.25, 0.3) is 0 Å². The van der Waals surface area contributed by atoms with Crippen LogP contribution in [-0.4, -0.2) is 17.5 Å². The highest BCUT2D eigenvalue weighted by Crippen LogP contribution is 2.19. The topological polar surface area (TPSA) is 20.2 Å². The molecular weight excluding hydrogens is 223 g/mol. The Bertz CT molecular complexity index is 293. The lowest BCUT2D eigenvalue weighted by atomic mass is 10.2. The summed E-state index contributed by atoms with van der Waals surface area (Å²) in [5.74, 6) is 1.33. The summed E-state index contributed by atoms with van der Waals surface area (Å²) in [6, 6.07) is 4.75. The molecule has 0 aliphatic carbocycles. The smallest absolute Gasteiger partial charge is 0.141 e. The first kappa shape index (κ1) is 11.8. The van der Waals surface area contributed by atoms with E-state index in [4.69, 9.17) is 16.7 Å². The Morgan fingerprint density at radius 2 is 2.21 bits per heavy atom. The van der Waals surface area contributed by atoms with Crippen molar-refractivity contribution in [3.63, 3.8) is 0 Å². The standard InChI is InChI=1S/C10H12ClFOS/c11-9-6-8(2-3-10(9)12)7-14-5-1-4-13/h2-3,6,13H,1,4-5,7H2. The molecule has 14 heavy (non-hydrogen) atoms. The van der Waals surface area contributed by atoms with Crippen LogP contribution in [0.5, 0.6) is 0 Å². The van der Waals surface area contributed by atoms with E-state index in [9.17, 15) is 4.39 Å². The van der Waals surface area contributed by atoms with Gasteiger partial charge >= 0.3 is 0 Å². The number of rotatable bonds is 5. The van der Waals surface area contributed by atoms with E-state index in [0.29, 0.717) is 0 Å². The Hall–Kier alpha value is -0.250. The van der Waals surface area contributed by atoms with Crippen molar-refractivity contribution in [3.05, 3.63) is 34.6 Å². The van der Waals surface area contributed by atoms with Crippen LogP contribution in [0.2, 0.25) is 5.02 Å². The van der Waals surface area contributed by atoms with E-state index in [0.717, 1.165) is 23.5 Å². The molecule has 0 aliphatic heterocycles. The lowest BCUT2D eigenvalue weighted by Crippen LogP contribution is -1.88. The van der Waals surface area contributed by atoms with Crippen LogP contribution in [0.3, 0.4) is 0 Å². The average molecular weight is 235 g/mol. The molecule has 0 unspecified atom stereocenters.